The minimum absolute atomic E-state index is 0.141. The summed E-state index contributed by atoms with van der Waals surface area (Å²) < 4.78 is 0. The van der Waals surface area contributed by atoms with E-state index in [2.05, 4.69) is 20.8 Å². The van der Waals surface area contributed by atoms with E-state index in [-0.39, 0.29) is 11.8 Å². The van der Waals surface area contributed by atoms with Crippen molar-refractivity contribution in [2.24, 2.45) is 17.1 Å². The average molecular weight is 270 g/mol. The van der Waals surface area contributed by atoms with Crippen LogP contribution in [0.15, 0.2) is 0 Å². The highest BCUT2D eigenvalue weighted by atomic mass is 32.1. The van der Waals surface area contributed by atoms with E-state index in [4.69, 9.17) is 18.0 Å². The number of carbonyl (C=O) groups is 1. The summed E-state index contributed by atoms with van der Waals surface area (Å²) in [5.74, 6) is -0.117. The Kier molecular flexibility index (Phi) is 5.57. The van der Waals surface area contributed by atoms with E-state index in [0.717, 1.165) is 38.8 Å². The Hall–Kier alpha value is -0.640. The van der Waals surface area contributed by atoms with Gasteiger partial charge in [0.2, 0.25) is 5.91 Å². The van der Waals surface area contributed by atoms with E-state index >= 15 is 0 Å². The van der Waals surface area contributed by atoms with Crippen LogP contribution in [0.1, 0.15) is 52.9 Å². The molecule has 2 N–H and O–H groups in total. The first-order chi connectivity index (χ1) is 8.37. The Bertz CT molecular complexity index is 315. The maximum Gasteiger partial charge on any atom is 0.232 e. The lowest BCUT2D eigenvalue weighted by molar-refractivity contribution is -0.133. The number of amides is 1. The van der Waals surface area contributed by atoms with Gasteiger partial charge in [0.1, 0.15) is 0 Å². The van der Waals surface area contributed by atoms with E-state index in [1.165, 1.54) is 6.42 Å². The molecule has 4 heteroatoms. The third-order valence-corrected chi connectivity index (χ3v) is 4.16. The molecule has 1 aliphatic heterocycles. The molecular weight excluding hydrogens is 244 g/mol. The molecule has 0 spiro atoms. The van der Waals surface area contributed by atoms with Crippen LogP contribution in [0, 0.1) is 11.3 Å². The van der Waals surface area contributed by atoms with Crippen molar-refractivity contribution in [2.75, 3.05) is 13.1 Å². The third kappa shape index (κ3) is 4.23. The van der Waals surface area contributed by atoms with Crippen LogP contribution >= 0.6 is 12.2 Å². The minimum Gasteiger partial charge on any atom is -0.393 e. The topological polar surface area (TPSA) is 46.3 Å². The van der Waals surface area contributed by atoms with Crippen molar-refractivity contribution in [3.63, 3.8) is 0 Å². The molecule has 1 unspecified atom stereocenters. The summed E-state index contributed by atoms with van der Waals surface area (Å²) in [5.41, 5.74) is 6.05. The van der Waals surface area contributed by atoms with Gasteiger partial charge >= 0.3 is 0 Å². The van der Waals surface area contributed by atoms with Crippen LogP contribution in [0.5, 0.6) is 0 Å². The van der Waals surface area contributed by atoms with Crippen LogP contribution in [-0.2, 0) is 4.79 Å². The van der Waals surface area contributed by atoms with Crippen LogP contribution in [0.2, 0.25) is 0 Å². The normalized spacial score (nSPS) is 21.2. The largest absolute Gasteiger partial charge is 0.393 e. The summed E-state index contributed by atoms with van der Waals surface area (Å²) >= 11 is 5.04. The Morgan fingerprint density at radius 1 is 1.39 bits per heavy atom. The van der Waals surface area contributed by atoms with Gasteiger partial charge in [0, 0.05) is 13.1 Å². The molecule has 3 nitrogen and oxygen atoms in total. The fourth-order valence-corrected chi connectivity index (χ4v) is 2.76. The molecule has 1 amide bonds. The van der Waals surface area contributed by atoms with E-state index in [1.54, 1.807) is 0 Å². The molecule has 1 heterocycles. The molecule has 0 saturated carbocycles. The molecule has 1 saturated heterocycles. The number of hydrogen-bond acceptors (Lipinski definition) is 2. The number of nitrogens with two attached hydrogens (primary N) is 1. The molecule has 18 heavy (non-hydrogen) atoms. The second-order valence-electron chi connectivity index (χ2n) is 6.09. The van der Waals surface area contributed by atoms with E-state index < -0.39 is 0 Å². The minimum atomic E-state index is -0.258. The first kappa shape index (κ1) is 15.4. The van der Waals surface area contributed by atoms with Crippen LogP contribution in [0.4, 0.5) is 0 Å². The predicted octanol–water partition coefficient (Wildman–Crippen LogP) is 2.73. The van der Waals surface area contributed by atoms with Gasteiger partial charge in [-0.3, -0.25) is 4.79 Å². The number of thiocarbonyl (C=S) groups is 1. The second kappa shape index (κ2) is 6.50. The first-order valence-electron chi connectivity index (χ1n) is 6.95. The molecular formula is C14H26N2OS. The highest BCUT2D eigenvalue weighted by Gasteiger charge is 2.30. The number of nitrogens with zero attached hydrogens (tertiary/aromatic N) is 1. The molecule has 1 aliphatic rings. The summed E-state index contributed by atoms with van der Waals surface area (Å²) in [6, 6.07) is 0. The summed E-state index contributed by atoms with van der Waals surface area (Å²) in [4.78, 5) is 14.8. The van der Waals surface area contributed by atoms with Gasteiger partial charge in [0.25, 0.3) is 0 Å². The van der Waals surface area contributed by atoms with Gasteiger partial charge in [-0.25, -0.2) is 0 Å². The first-order valence-corrected chi connectivity index (χ1v) is 7.36. The molecule has 0 aromatic heterocycles. The van der Waals surface area contributed by atoms with Crippen LogP contribution in [-0.4, -0.2) is 28.9 Å². The van der Waals surface area contributed by atoms with Crippen molar-refractivity contribution in [1.29, 1.82) is 0 Å². The van der Waals surface area contributed by atoms with Gasteiger partial charge in [-0.15, -0.1) is 0 Å². The zero-order valence-electron chi connectivity index (χ0n) is 11.9. The Labute approximate surface area is 116 Å². The van der Waals surface area contributed by atoms with Crippen molar-refractivity contribution in [3.05, 3.63) is 0 Å². The van der Waals surface area contributed by atoms with Gasteiger partial charge < -0.3 is 10.6 Å². The van der Waals surface area contributed by atoms with E-state index in [9.17, 15) is 4.79 Å². The molecule has 1 rings (SSSR count). The fourth-order valence-electron chi connectivity index (χ4n) is 2.54. The molecule has 0 aliphatic carbocycles. The van der Waals surface area contributed by atoms with Gasteiger partial charge in [0.15, 0.2) is 0 Å². The van der Waals surface area contributed by atoms with Crippen molar-refractivity contribution < 1.29 is 4.79 Å². The SMILES string of the molecule is CCCC(C(=O)N1CCCC(C)(C)CC1)C(N)=S. The van der Waals surface area contributed by atoms with Crippen molar-refractivity contribution >= 4 is 23.1 Å². The van der Waals surface area contributed by atoms with E-state index in [0.29, 0.717) is 10.4 Å². The van der Waals surface area contributed by atoms with Crippen LogP contribution < -0.4 is 5.73 Å². The monoisotopic (exact) mass is 270 g/mol. The van der Waals surface area contributed by atoms with Gasteiger partial charge in [0.05, 0.1) is 10.9 Å². The molecule has 1 fully saturated rings. The van der Waals surface area contributed by atoms with Crippen LogP contribution in [0.25, 0.3) is 0 Å². The van der Waals surface area contributed by atoms with Crippen LogP contribution in [0.3, 0.4) is 0 Å². The van der Waals surface area contributed by atoms with Gasteiger partial charge in [-0.2, -0.15) is 0 Å². The summed E-state index contributed by atoms with van der Waals surface area (Å²) in [6.07, 6.45) is 5.03. The highest BCUT2D eigenvalue weighted by molar-refractivity contribution is 7.80. The molecule has 104 valence electrons. The number of likely N-dealkylation sites (tertiary alicyclic amines) is 1. The number of rotatable bonds is 4. The maximum absolute atomic E-state index is 12.5. The Balaban J connectivity index is 2.67. The van der Waals surface area contributed by atoms with Crippen molar-refractivity contribution in [2.45, 2.75) is 52.9 Å². The lowest BCUT2D eigenvalue weighted by atomic mass is 9.85. The third-order valence-electron chi connectivity index (χ3n) is 3.87. The summed E-state index contributed by atoms with van der Waals surface area (Å²) in [7, 11) is 0. The maximum atomic E-state index is 12.5. The zero-order chi connectivity index (χ0) is 13.8. The summed E-state index contributed by atoms with van der Waals surface area (Å²) in [5, 5.41) is 0. The smallest absolute Gasteiger partial charge is 0.232 e. The Morgan fingerprint density at radius 2 is 2.06 bits per heavy atom. The fraction of sp³-hybridized carbons (Fsp3) is 0.857. The van der Waals surface area contributed by atoms with Crippen molar-refractivity contribution in [3.8, 4) is 0 Å². The number of carbonyl (C=O) groups excluding carboxylic acids is 1. The van der Waals surface area contributed by atoms with Gasteiger partial charge in [-0.05, 0) is 31.1 Å². The Morgan fingerprint density at radius 3 is 2.61 bits per heavy atom. The molecule has 0 aromatic rings. The quantitative estimate of drug-likeness (QED) is 0.799. The number of hydrogen-bond donors (Lipinski definition) is 1. The molecule has 0 aromatic carbocycles. The van der Waals surface area contributed by atoms with Crippen molar-refractivity contribution in [1.82, 2.24) is 4.90 Å². The van der Waals surface area contributed by atoms with E-state index in [1.807, 2.05) is 4.90 Å². The summed E-state index contributed by atoms with van der Waals surface area (Å²) in [6.45, 7) is 8.31. The lowest BCUT2D eigenvalue weighted by Gasteiger charge is -2.26. The molecule has 1 atom stereocenters. The zero-order valence-corrected chi connectivity index (χ0v) is 12.7. The molecule has 0 bridgehead atoms. The second-order valence-corrected chi connectivity index (χ2v) is 6.56. The lowest BCUT2D eigenvalue weighted by Crippen LogP contribution is -2.41. The highest BCUT2D eigenvalue weighted by Crippen LogP contribution is 2.30. The van der Waals surface area contributed by atoms with Gasteiger partial charge in [-0.1, -0.05) is 39.4 Å². The molecule has 0 radical (unpaired) electrons. The standard InChI is InChI=1S/C14H26N2OS/c1-4-6-11(12(15)18)13(17)16-9-5-7-14(2,3)8-10-16/h11H,4-10H2,1-3H3,(H2,15,18). The average Bonchev–Trinajstić information content (AvgIpc) is 2.46. The predicted molar refractivity (Wildman–Crippen MR) is 79.4 cm³/mol.